The van der Waals surface area contributed by atoms with Gasteiger partial charge in [0.2, 0.25) is 11.8 Å². The molecular weight excluding hydrogens is 312 g/mol. The Hall–Kier alpha value is -2.34. The van der Waals surface area contributed by atoms with Gasteiger partial charge in [-0.3, -0.25) is 14.4 Å². The van der Waals surface area contributed by atoms with Crippen molar-refractivity contribution in [3.63, 3.8) is 0 Å². The van der Waals surface area contributed by atoms with Gasteiger partial charge in [0.1, 0.15) is 5.69 Å². The van der Waals surface area contributed by atoms with Gasteiger partial charge < -0.3 is 0 Å². The molecule has 1 aliphatic rings. The van der Waals surface area contributed by atoms with E-state index in [1.807, 2.05) is 30.3 Å². The Morgan fingerprint density at radius 3 is 2.61 bits per heavy atom. The Labute approximate surface area is 138 Å². The number of Topliss-reactive ketones (excluding diaryl/α,β-unsaturated/α-hetero) is 1. The first-order chi connectivity index (χ1) is 11.0. The zero-order valence-electron chi connectivity index (χ0n) is 12.9. The molecule has 2 heterocycles. The van der Waals surface area contributed by atoms with E-state index in [4.69, 9.17) is 0 Å². The molecule has 0 aliphatic carbocycles. The summed E-state index contributed by atoms with van der Waals surface area (Å²) in [6.07, 6.45) is 0.716. The van der Waals surface area contributed by atoms with Gasteiger partial charge in [-0.2, -0.15) is 0 Å². The molecule has 118 valence electrons. The molecule has 0 unspecified atom stereocenters. The van der Waals surface area contributed by atoms with Gasteiger partial charge in [0.25, 0.3) is 0 Å². The standard InChI is InChI=1S/C17H16N2O3S/c1-10(20)15-11(2)23-17(18-15)19-14(21)9-13(16(19)22)8-12-6-4-3-5-7-12/h3-7,13H,8-9H2,1-2H3/t13-/m1/s1. The highest BCUT2D eigenvalue weighted by atomic mass is 32.1. The molecule has 23 heavy (non-hydrogen) atoms. The van der Waals surface area contributed by atoms with Gasteiger partial charge in [-0.05, 0) is 18.9 Å². The lowest BCUT2D eigenvalue weighted by molar-refractivity contribution is -0.122. The minimum Gasteiger partial charge on any atom is -0.293 e. The molecule has 1 saturated heterocycles. The highest BCUT2D eigenvalue weighted by Crippen LogP contribution is 2.33. The molecule has 0 bridgehead atoms. The SMILES string of the molecule is CC(=O)c1nc(N2C(=O)C[C@@H](Cc3ccccc3)C2=O)sc1C. The molecule has 5 nitrogen and oxygen atoms in total. The number of ketones is 1. The minimum atomic E-state index is -0.366. The maximum atomic E-state index is 12.6. The van der Waals surface area contributed by atoms with E-state index in [0.717, 1.165) is 15.3 Å². The van der Waals surface area contributed by atoms with Crippen molar-refractivity contribution in [1.29, 1.82) is 0 Å². The largest absolute Gasteiger partial charge is 0.293 e. The predicted octanol–water partition coefficient (Wildman–Crippen LogP) is 2.78. The van der Waals surface area contributed by atoms with Gasteiger partial charge in [0.05, 0.1) is 5.92 Å². The van der Waals surface area contributed by atoms with Crippen molar-refractivity contribution in [2.75, 3.05) is 4.90 Å². The monoisotopic (exact) mass is 328 g/mol. The fourth-order valence-corrected chi connectivity index (χ4v) is 3.74. The van der Waals surface area contributed by atoms with E-state index in [1.54, 1.807) is 6.92 Å². The molecule has 6 heteroatoms. The Morgan fingerprint density at radius 1 is 1.30 bits per heavy atom. The van der Waals surface area contributed by atoms with Crippen molar-refractivity contribution >= 4 is 34.1 Å². The van der Waals surface area contributed by atoms with Crippen LogP contribution >= 0.6 is 11.3 Å². The molecule has 3 rings (SSSR count). The second-order valence-corrected chi connectivity index (χ2v) is 6.80. The van der Waals surface area contributed by atoms with Gasteiger partial charge in [-0.25, -0.2) is 9.88 Å². The summed E-state index contributed by atoms with van der Waals surface area (Å²) < 4.78 is 0. The zero-order chi connectivity index (χ0) is 16.6. The quantitative estimate of drug-likeness (QED) is 0.639. The first kappa shape index (κ1) is 15.6. The third-order valence-corrected chi connectivity index (χ3v) is 4.83. The summed E-state index contributed by atoms with van der Waals surface area (Å²) in [5, 5.41) is 0.304. The Morgan fingerprint density at radius 2 is 2.00 bits per heavy atom. The molecule has 0 saturated carbocycles. The fraction of sp³-hybridized carbons (Fsp3) is 0.294. The van der Waals surface area contributed by atoms with Crippen LogP contribution in [0.2, 0.25) is 0 Å². The van der Waals surface area contributed by atoms with Crippen LogP contribution < -0.4 is 4.90 Å². The van der Waals surface area contributed by atoms with Crippen LogP contribution in [0.5, 0.6) is 0 Å². The Kier molecular flexibility index (Phi) is 4.09. The molecule has 1 aliphatic heterocycles. The fourth-order valence-electron chi connectivity index (χ4n) is 2.76. The normalized spacial score (nSPS) is 17.8. The highest BCUT2D eigenvalue weighted by molar-refractivity contribution is 7.16. The van der Waals surface area contributed by atoms with E-state index in [0.29, 0.717) is 17.2 Å². The van der Waals surface area contributed by atoms with E-state index in [2.05, 4.69) is 4.98 Å². The third kappa shape index (κ3) is 2.94. The smallest absolute Gasteiger partial charge is 0.239 e. The highest BCUT2D eigenvalue weighted by Gasteiger charge is 2.41. The molecule has 2 amide bonds. The molecule has 1 aromatic heterocycles. The zero-order valence-corrected chi connectivity index (χ0v) is 13.7. The van der Waals surface area contributed by atoms with E-state index in [1.165, 1.54) is 18.3 Å². The summed E-state index contributed by atoms with van der Waals surface area (Å²) in [4.78, 5) is 42.4. The van der Waals surface area contributed by atoms with Crippen molar-refractivity contribution in [2.24, 2.45) is 5.92 Å². The summed E-state index contributed by atoms with van der Waals surface area (Å²) in [5.74, 6) is -1.01. The topological polar surface area (TPSA) is 67.3 Å². The van der Waals surface area contributed by atoms with Crippen LogP contribution in [0.15, 0.2) is 30.3 Å². The number of hydrogen-bond donors (Lipinski definition) is 0. The number of carbonyl (C=O) groups excluding carboxylic acids is 3. The van der Waals surface area contributed by atoms with Crippen molar-refractivity contribution in [3.8, 4) is 0 Å². The van der Waals surface area contributed by atoms with Gasteiger partial charge in [-0.15, -0.1) is 11.3 Å². The van der Waals surface area contributed by atoms with Crippen LogP contribution in [0.3, 0.4) is 0 Å². The van der Waals surface area contributed by atoms with E-state index >= 15 is 0 Å². The van der Waals surface area contributed by atoms with Gasteiger partial charge in [0, 0.05) is 18.2 Å². The van der Waals surface area contributed by atoms with Gasteiger partial charge in [-0.1, -0.05) is 30.3 Å². The Balaban J connectivity index is 1.84. The van der Waals surface area contributed by atoms with Crippen LogP contribution in [0.4, 0.5) is 5.13 Å². The number of benzene rings is 1. The van der Waals surface area contributed by atoms with E-state index in [-0.39, 0.29) is 29.9 Å². The number of nitrogens with zero attached hydrogens (tertiary/aromatic N) is 2. The van der Waals surface area contributed by atoms with E-state index < -0.39 is 0 Å². The lowest BCUT2D eigenvalue weighted by Gasteiger charge is -2.11. The number of rotatable bonds is 4. The average Bonchev–Trinajstić information content (AvgIpc) is 3.01. The summed E-state index contributed by atoms with van der Waals surface area (Å²) in [5.41, 5.74) is 1.36. The number of aryl methyl sites for hydroxylation is 1. The number of carbonyl (C=O) groups is 3. The average molecular weight is 328 g/mol. The second-order valence-electron chi connectivity index (χ2n) is 5.62. The molecule has 2 aromatic rings. The predicted molar refractivity (Wildman–Crippen MR) is 87.6 cm³/mol. The summed E-state index contributed by atoms with van der Waals surface area (Å²) in [7, 11) is 0. The lowest BCUT2D eigenvalue weighted by atomic mass is 9.98. The number of amides is 2. The van der Waals surface area contributed by atoms with Crippen molar-refractivity contribution in [3.05, 3.63) is 46.5 Å². The molecule has 1 fully saturated rings. The summed E-state index contributed by atoms with van der Waals surface area (Å²) in [6.45, 7) is 3.20. The Bertz CT molecular complexity index is 782. The number of aromatic nitrogens is 1. The summed E-state index contributed by atoms with van der Waals surface area (Å²) >= 11 is 1.21. The molecule has 1 atom stereocenters. The number of thiazole rings is 1. The maximum Gasteiger partial charge on any atom is 0.239 e. The van der Waals surface area contributed by atoms with Crippen LogP contribution in [-0.4, -0.2) is 22.6 Å². The molecule has 0 N–H and O–H groups in total. The molecular formula is C17H16N2O3S. The maximum absolute atomic E-state index is 12.6. The third-order valence-electron chi connectivity index (χ3n) is 3.88. The molecule has 0 spiro atoms. The molecule has 1 aromatic carbocycles. The van der Waals surface area contributed by atoms with Crippen molar-refractivity contribution in [1.82, 2.24) is 4.98 Å². The number of hydrogen-bond acceptors (Lipinski definition) is 5. The van der Waals surface area contributed by atoms with Crippen LogP contribution in [0, 0.1) is 12.8 Å². The van der Waals surface area contributed by atoms with Crippen LogP contribution in [0.1, 0.15) is 34.3 Å². The van der Waals surface area contributed by atoms with Crippen LogP contribution in [-0.2, 0) is 16.0 Å². The first-order valence-electron chi connectivity index (χ1n) is 7.36. The van der Waals surface area contributed by atoms with Crippen molar-refractivity contribution < 1.29 is 14.4 Å². The van der Waals surface area contributed by atoms with Gasteiger partial charge in [0.15, 0.2) is 10.9 Å². The number of imide groups is 1. The second kappa shape index (κ2) is 6.04. The minimum absolute atomic E-state index is 0.162. The molecule has 0 radical (unpaired) electrons. The number of anilines is 1. The van der Waals surface area contributed by atoms with E-state index in [9.17, 15) is 14.4 Å². The van der Waals surface area contributed by atoms with Gasteiger partial charge >= 0.3 is 0 Å². The van der Waals surface area contributed by atoms with Crippen molar-refractivity contribution in [2.45, 2.75) is 26.7 Å². The first-order valence-corrected chi connectivity index (χ1v) is 8.18. The van der Waals surface area contributed by atoms with Crippen LogP contribution in [0.25, 0.3) is 0 Å². The lowest BCUT2D eigenvalue weighted by Crippen LogP contribution is -2.30. The summed E-state index contributed by atoms with van der Waals surface area (Å²) in [6, 6.07) is 9.64.